The second-order valence-corrected chi connectivity index (χ2v) is 8.11. The Kier molecular flexibility index (Phi) is 3.72. The molecular formula is C23H26N2O. The molecule has 2 heterocycles. The number of hydrogen-bond donors (Lipinski definition) is 1. The van der Waals surface area contributed by atoms with Crippen molar-refractivity contribution in [3.8, 4) is 0 Å². The monoisotopic (exact) mass is 346 g/mol. The number of nitrogens with zero attached hydrogens (tertiary/aromatic N) is 1. The molecule has 0 spiro atoms. The summed E-state index contributed by atoms with van der Waals surface area (Å²) < 4.78 is 0. The van der Waals surface area contributed by atoms with E-state index in [4.69, 9.17) is 0 Å². The minimum atomic E-state index is -0.538. The van der Waals surface area contributed by atoms with E-state index in [0.717, 1.165) is 12.1 Å². The zero-order valence-electron chi connectivity index (χ0n) is 16.0. The number of hydrogen-bond acceptors (Lipinski definition) is 2. The molecule has 4 rings (SSSR count). The van der Waals surface area contributed by atoms with Gasteiger partial charge in [0.15, 0.2) is 0 Å². The van der Waals surface area contributed by atoms with Crippen LogP contribution in [-0.4, -0.2) is 18.1 Å². The molecule has 0 radical (unpaired) electrons. The summed E-state index contributed by atoms with van der Waals surface area (Å²) in [7, 11) is 0. The molecule has 2 aliphatic heterocycles. The highest BCUT2D eigenvalue weighted by Gasteiger charge is 2.57. The molecule has 2 aromatic carbocycles. The summed E-state index contributed by atoms with van der Waals surface area (Å²) in [4.78, 5) is 14.8. The number of carbonyl (C=O) groups is 1. The predicted octanol–water partition coefficient (Wildman–Crippen LogP) is 4.33. The van der Waals surface area contributed by atoms with Crippen molar-refractivity contribution in [1.82, 2.24) is 5.32 Å². The van der Waals surface area contributed by atoms with E-state index in [-0.39, 0.29) is 11.3 Å². The Balaban J connectivity index is 1.84. The van der Waals surface area contributed by atoms with Gasteiger partial charge in [0.05, 0.1) is 0 Å². The number of rotatable bonds is 2. The van der Waals surface area contributed by atoms with Crippen molar-refractivity contribution in [3.05, 3.63) is 70.8 Å². The first-order chi connectivity index (χ1) is 12.3. The average molecular weight is 346 g/mol. The zero-order chi connectivity index (χ0) is 18.5. The van der Waals surface area contributed by atoms with Crippen LogP contribution in [0.3, 0.4) is 0 Å². The maximum Gasteiger partial charge on any atom is 0.223 e. The molecule has 1 amide bonds. The van der Waals surface area contributed by atoms with Gasteiger partial charge in [-0.1, -0.05) is 67.4 Å². The Labute approximate surface area is 155 Å². The largest absolute Gasteiger partial charge is 0.344 e. The summed E-state index contributed by atoms with van der Waals surface area (Å²) in [6, 6.07) is 15.1. The summed E-state index contributed by atoms with van der Waals surface area (Å²) in [5.74, 6) is 0.118. The summed E-state index contributed by atoms with van der Waals surface area (Å²) in [5, 5.41) is 3.33. The van der Waals surface area contributed by atoms with E-state index in [1.165, 1.54) is 22.4 Å². The molecule has 0 bridgehead atoms. The van der Waals surface area contributed by atoms with Gasteiger partial charge in [-0.05, 0) is 37.1 Å². The van der Waals surface area contributed by atoms with E-state index >= 15 is 0 Å². The fourth-order valence-corrected chi connectivity index (χ4v) is 4.36. The number of carbonyl (C=O) groups excluding carboxylic acids is 1. The van der Waals surface area contributed by atoms with Crippen LogP contribution in [0.1, 0.15) is 42.5 Å². The van der Waals surface area contributed by atoms with Gasteiger partial charge in [0.25, 0.3) is 0 Å². The molecule has 2 aliphatic rings. The van der Waals surface area contributed by atoms with Crippen LogP contribution in [0.2, 0.25) is 0 Å². The van der Waals surface area contributed by atoms with Gasteiger partial charge >= 0.3 is 0 Å². The van der Waals surface area contributed by atoms with Crippen LogP contribution in [0.15, 0.2) is 48.5 Å². The molecule has 2 aromatic rings. The van der Waals surface area contributed by atoms with E-state index < -0.39 is 5.66 Å². The standard InChI is InChI=1S/C23H26N2O/c1-16-5-8-18(9-6-16)11-13-23-22(3,4)19-15-17(2)7-10-20(19)25(23)14-12-21(26)24-23/h5-11,13,15H,12,14H2,1-4H3,(H,24,26)/t23-/m1/s1. The summed E-state index contributed by atoms with van der Waals surface area (Å²) in [6.45, 7) is 9.42. The molecule has 1 atom stereocenters. The van der Waals surface area contributed by atoms with E-state index in [0.29, 0.717) is 6.42 Å². The van der Waals surface area contributed by atoms with Crippen molar-refractivity contribution >= 4 is 17.7 Å². The first-order valence-corrected chi connectivity index (χ1v) is 9.29. The van der Waals surface area contributed by atoms with Gasteiger partial charge in [0.2, 0.25) is 5.91 Å². The maximum atomic E-state index is 12.4. The van der Waals surface area contributed by atoms with Gasteiger partial charge in [-0.25, -0.2) is 0 Å². The number of aryl methyl sites for hydroxylation is 2. The number of amides is 1. The second kappa shape index (κ2) is 5.73. The molecule has 0 aliphatic carbocycles. The van der Waals surface area contributed by atoms with Crippen molar-refractivity contribution in [2.75, 3.05) is 11.4 Å². The van der Waals surface area contributed by atoms with E-state index in [9.17, 15) is 4.79 Å². The number of benzene rings is 2. The molecule has 0 aromatic heterocycles. The van der Waals surface area contributed by atoms with Gasteiger partial charge in [-0.2, -0.15) is 0 Å². The zero-order valence-corrected chi connectivity index (χ0v) is 16.0. The molecule has 1 saturated heterocycles. The number of fused-ring (bicyclic) bond motifs is 3. The Morgan fingerprint density at radius 3 is 2.46 bits per heavy atom. The molecule has 3 nitrogen and oxygen atoms in total. The Morgan fingerprint density at radius 1 is 1.04 bits per heavy atom. The second-order valence-electron chi connectivity index (χ2n) is 8.11. The predicted molar refractivity (Wildman–Crippen MR) is 107 cm³/mol. The summed E-state index contributed by atoms with van der Waals surface area (Å²) in [6.07, 6.45) is 4.85. The third kappa shape index (κ3) is 2.38. The van der Waals surface area contributed by atoms with Crippen molar-refractivity contribution in [2.45, 2.75) is 45.2 Å². The Bertz CT molecular complexity index is 895. The van der Waals surface area contributed by atoms with E-state index in [1.54, 1.807) is 0 Å². The lowest BCUT2D eigenvalue weighted by molar-refractivity contribution is -0.124. The van der Waals surface area contributed by atoms with Crippen LogP contribution >= 0.6 is 0 Å². The molecule has 1 N–H and O–H groups in total. The molecule has 0 saturated carbocycles. The molecule has 134 valence electrons. The normalized spacial score (nSPS) is 23.7. The fraction of sp³-hybridized carbons (Fsp3) is 0.348. The maximum absolute atomic E-state index is 12.4. The van der Waals surface area contributed by atoms with Gasteiger partial charge in [-0.3, -0.25) is 4.79 Å². The van der Waals surface area contributed by atoms with Crippen molar-refractivity contribution in [3.63, 3.8) is 0 Å². The van der Waals surface area contributed by atoms with Gasteiger partial charge in [-0.15, -0.1) is 0 Å². The van der Waals surface area contributed by atoms with Crippen LogP contribution in [0.5, 0.6) is 0 Å². The molecular weight excluding hydrogens is 320 g/mol. The summed E-state index contributed by atoms with van der Waals surface area (Å²) in [5.41, 5.74) is 5.40. The van der Waals surface area contributed by atoms with Crippen molar-refractivity contribution in [1.29, 1.82) is 0 Å². The van der Waals surface area contributed by atoms with Crippen molar-refractivity contribution in [2.24, 2.45) is 0 Å². The lowest BCUT2D eigenvalue weighted by atomic mass is 9.74. The molecule has 0 unspecified atom stereocenters. The SMILES string of the molecule is Cc1ccc(C=C[C@@]23NC(=O)CCN2c2ccc(C)cc2C3(C)C)cc1. The minimum Gasteiger partial charge on any atom is -0.344 e. The Morgan fingerprint density at radius 2 is 1.73 bits per heavy atom. The van der Waals surface area contributed by atoms with E-state index in [2.05, 4.69) is 92.5 Å². The van der Waals surface area contributed by atoms with E-state index in [1.807, 2.05) is 0 Å². The first kappa shape index (κ1) is 16.9. The van der Waals surface area contributed by atoms with Crippen LogP contribution in [0.4, 0.5) is 5.69 Å². The first-order valence-electron chi connectivity index (χ1n) is 9.29. The number of nitrogens with one attached hydrogen (secondary N) is 1. The average Bonchev–Trinajstić information content (AvgIpc) is 2.79. The lowest BCUT2D eigenvalue weighted by Crippen LogP contribution is -2.68. The smallest absolute Gasteiger partial charge is 0.223 e. The Hall–Kier alpha value is -2.55. The highest BCUT2D eigenvalue weighted by Crippen LogP contribution is 2.52. The van der Waals surface area contributed by atoms with Crippen LogP contribution < -0.4 is 10.2 Å². The van der Waals surface area contributed by atoms with Crippen molar-refractivity contribution < 1.29 is 4.79 Å². The van der Waals surface area contributed by atoms with Gasteiger partial charge < -0.3 is 10.2 Å². The minimum absolute atomic E-state index is 0.118. The van der Waals surface area contributed by atoms with Crippen LogP contribution in [0, 0.1) is 13.8 Å². The lowest BCUT2D eigenvalue weighted by Gasteiger charge is -2.49. The van der Waals surface area contributed by atoms with Gasteiger partial charge in [0.1, 0.15) is 5.66 Å². The summed E-state index contributed by atoms with van der Waals surface area (Å²) >= 11 is 0. The quantitative estimate of drug-likeness (QED) is 0.878. The molecule has 1 fully saturated rings. The highest BCUT2D eigenvalue weighted by atomic mass is 16.2. The third-order valence-electron chi connectivity index (χ3n) is 5.98. The van der Waals surface area contributed by atoms with Gasteiger partial charge in [0, 0.05) is 24.1 Å². The molecule has 3 heteroatoms. The highest BCUT2D eigenvalue weighted by molar-refractivity contribution is 5.84. The topological polar surface area (TPSA) is 32.3 Å². The number of anilines is 1. The van der Waals surface area contributed by atoms with Crippen LogP contribution in [-0.2, 0) is 10.2 Å². The third-order valence-corrected chi connectivity index (χ3v) is 5.98. The molecule has 26 heavy (non-hydrogen) atoms. The fourth-order valence-electron chi connectivity index (χ4n) is 4.36. The van der Waals surface area contributed by atoms with Crippen LogP contribution in [0.25, 0.3) is 6.08 Å².